The second-order valence-corrected chi connectivity index (χ2v) is 9.12. The van der Waals surface area contributed by atoms with Crippen LogP contribution in [0.3, 0.4) is 0 Å². The summed E-state index contributed by atoms with van der Waals surface area (Å²) in [5, 5.41) is 12.8. The molecule has 0 radical (unpaired) electrons. The number of thioether (sulfide) groups is 1. The number of aromatic nitrogens is 3. The summed E-state index contributed by atoms with van der Waals surface area (Å²) in [7, 11) is 0. The Balaban J connectivity index is 1.42. The predicted molar refractivity (Wildman–Crippen MR) is 131 cm³/mol. The fourth-order valence-corrected chi connectivity index (χ4v) is 4.57. The van der Waals surface area contributed by atoms with E-state index < -0.39 is 6.23 Å². The molecule has 174 valence electrons. The van der Waals surface area contributed by atoms with Gasteiger partial charge in [-0.3, -0.25) is 0 Å². The normalized spacial score (nSPS) is 14.5. The SMILES string of the molecule is CCCCCCSc1nnc2c(n1)O[C@@H](c1ccc(-c3ccc(F)cc3)o1)Nc1ccccc1-2. The van der Waals surface area contributed by atoms with E-state index in [0.29, 0.717) is 28.3 Å². The highest BCUT2D eigenvalue weighted by molar-refractivity contribution is 7.99. The van der Waals surface area contributed by atoms with E-state index in [1.165, 1.54) is 31.4 Å². The highest BCUT2D eigenvalue weighted by Crippen LogP contribution is 2.40. The molecule has 0 bridgehead atoms. The lowest BCUT2D eigenvalue weighted by Crippen LogP contribution is -2.16. The quantitative estimate of drug-likeness (QED) is 0.214. The minimum atomic E-state index is -0.615. The third-order valence-electron chi connectivity index (χ3n) is 5.58. The number of ether oxygens (including phenoxy) is 1. The van der Waals surface area contributed by atoms with Gasteiger partial charge in [0.1, 0.15) is 11.6 Å². The minimum Gasteiger partial charge on any atom is -0.455 e. The molecule has 8 heteroatoms. The zero-order valence-electron chi connectivity index (χ0n) is 18.8. The standard InChI is InChI=1S/C26H25FN4O2S/c1-2-3-4-7-16-34-26-29-25-23(30-31-26)19-8-5-6-9-20(19)28-24(33-25)22-15-14-21(32-22)17-10-12-18(27)13-11-17/h5-6,8-15,24,28H,2-4,7,16H2,1H3/t24-/m0/s1. The van der Waals surface area contributed by atoms with Crippen molar-refractivity contribution in [3.63, 3.8) is 0 Å². The number of rotatable bonds is 8. The maximum absolute atomic E-state index is 13.3. The van der Waals surface area contributed by atoms with Gasteiger partial charge in [-0.15, -0.1) is 10.2 Å². The van der Waals surface area contributed by atoms with E-state index in [0.717, 1.165) is 29.0 Å². The number of hydrogen-bond donors (Lipinski definition) is 1. The second-order valence-electron chi connectivity index (χ2n) is 8.05. The first kappa shape index (κ1) is 22.4. The van der Waals surface area contributed by atoms with Crippen LogP contribution in [0.1, 0.15) is 44.6 Å². The molecule has 0 fully saturated rings. The van der Waals surface area contributed by atoms with Crippen LogP contribution < -0.4 is 10.1 Å². The molecular weight excluding hydrogens is 451 g/mol. The summed E-state index contributed by atoms with van der Waals surface area (Å²) in [4.78, 5) is 4.68. The van der Waals surface area contributed by atoms with Gasteiger partial charge in [-0.2, -0.15) is 4.98 Å². The number of unbranched alkanes of at least 4 members (excludes halogenated alkanes) is 3. The first-order valence-corrected chi connectivity index (χ1v) is 12.5. The van der Waals surface area contributed by atoms with Crippen molar-refractivity contribution in [3.8, 4) is 28.5 Å². The van der Waals surface area contributed by atoms with E-state index in [1.807, 2.05) is 36.4 Å². The van der Waals surface area contributed by atoms with Gasteiger partial charge in [0.05, 0.1) is 0 Å². The third kappa shape index (κ3) is 4.92. The molecule has 0 aliphatic carbocycles. The van der Waals surface area contributed by atoms with Crippen molar-refractivity contribution in [3.05, 3.63) is 72.2 Å². The number of benzene rings is 2. The Bertz CT molecular complexity index is 1260. The Hall–Kier alpha value is -3.39. The topological polar surface area (TPSA) is 73.1 Å². The molecule has 0 amide bonds. The number of furan rings is 1. The van der Waals surface area contributed by atoms with Crippen LogP contribution >= 0.6 is 11.8 Å². The molecule has 5 rings (SSSR count). The summed E-state index contributed by atoms with van der Waals surface area (Å²) < 4.78 is 25.7. The third-order valence-corrected chi connectivity index (χ3v) is 6.50. The van der Waals surface area contributed by atoms with Crippen molar-refractivity contribution in [1.29, 1.82) is 0 Å². The molecule has 6 nitrogen and oxygen atoms in total. The van der Waals surface area contributed by atoms with Crippen LogP contribution in [0.15, 0.2) is 70.2 Å². The first-order chi connectivity index (χ1) is 16.7. The van der Waals surface area contributed by atoms with Crippen molar-refractivity contribution >= 4 is 17.4 Å². The van der Waals surface area contributed by atoms with E-state index in [9.17, 15) is 4.39 Å². The number of nitrogens with one attached hydrogen (secondary N) is 1. The van der Waals surface area contributed by atoms with Crippen LogP contribution in [-0.4, -0.2) is 20.9 Å². The average molecular weight is 477 g/mol. The van der Waals surface area contributed by atoms with Gasteiger partial charge in [-0.05, 0) is 48.9 Å². The van der Waals surface area contributed by atoms with Crippen molar-refractivity contribution in [1.82, 2.24) is 15.2 Å². The maximum atomic E-state index is 13.3. The highest BCUT2D eigenvalue weighted by atomic mass is 32.2. The average Bonchev–Trinajstić information content (AvgIpc) is 3.29. The number of anilines is 1. The molecule has 1 N–H and O–H groups in total. The van der Waals surface area contributed by atoms with E-state index in [-0.39, 0.29) is 5.82 Å². The van der Waals surface area contributed by atoms with Crippen LogP contribution in [0.5, 0.6) is 5.88 Å². The number of para-hydroxylation sites is 1. The summed E-state index contributed by atoms with van der Waals surface area (Å²) in [5.74, 6) is 2.27. The molecular formula is C26H25FN4O2S. The number of fused-ring (bicyclic) bond motifs is 3. The molecule has 1 atom stereocenters. The summed E-state index contributed by atoms with van der Waals surface area (Å²) in [6, 6.07) is 17.7. The minimum absolute atomic E-state index is 0.288. The summed E-state index contributed by atoms with van der Waals surface area (Å²) in [5.41, 5.74) is 3.09. The fourth-order valence-electron chi connectivity index (χ4n) is 3.79. The van der Waals surface area contributed by atoms with Gasteiger partial charge in [0.15, 0.2) is 11.5 Å². The highest BCUT2D eigenvalue weighted by Gasteiger charge is 2.28. The van der Waals surface area contributed by atoms with Crippen LogP contribution in [-0.2, 0) is 0 Å². The van der Waals surface area contributed by atoms with E-state index in [2.05, 4.69) is 27.4 Å². The van der Waals surface area contributed by atoms with E-state index >= 15 is 0 Å². The Kier molecular flexibility index (Phi) is 6.76. The van der Waals surface area contributed by atoms with Crippen LogP contribution in [0, 0.1) is 5.82 Å². The lowest BCUT2D eigenvalue weighted by Gasteiger charge is -2.16. The zero-order chi connectivity index (χ0) is 23.3. The molecule has 4 aromatic rings. The molecule has 2 aromatic heterocycles. The molecule has 0 unspecified atom stereocenters. The smallest absolute Gasteiger partial charge is 0.247 e. The van der Waals surface area contributed by atoms with Gasteiger partial charge < -0.3 is 14.5 Å². The van der Waals surface area contributed by atoms with Gasteiger partial charge in [-0.1, -0.05) is 56.1 Å². The number of halogens is 1. The van der Waals surface area contributed by atoms with Crippen molar-refractivity contribution < 1.29 is 13.5 Å². The Morgan fingerprint density at radius 3 is 2.68 bits per heavy atom. The lowest BCUT2D eigenvalue weighted by molar-refractivity contribution is 0.196. The molecule has 0 spiro atoms. The molecule has 2 aromatic carbocycles. The van der Waals surface area contributed by atoms with Crippen LogP contribution in [0.2, 0.25) is 0 Å². The van der Waals surface area contributed by atoms with Gasteiger partial charge in [0.2, 0.25) is 17.3 Å². The first-order valence-electron chi connectivity index (χ1n) is 11.5. The van der Waals surface area contributed by atoms with Gasteiger partial charge >= 0.3 is 0 Å². The van der Waals surface area contributed by atoms with Crippen LogP contribution in [0.4, 0.5) is 10.1 Å². The van der Waals surface area contributed by atoms with Crippen molar-refractivity contribution in [2.45, 2.75) is 44.0 Å². The van der Waals surface area contributed by atoms with E-state index in [4.69, 9.17) is 9.15 Å². The van der Waals surface area contributed by atoms with Crippen molar-refractivity contribution in [2.24, 2.45) is 0 Å². The van der Waals surface area contributed by atoms with Crippen molar-refractivity contribution in [2.75, 3.05) is 11.1 Å². The molecule has 3 heterocycles. The Morgan fingerprint density at radius 1 is 0.971 bits per heavy atom. The Morgan fingerprint density at radius 2 is 1.82 bits per heavy atom. The maximum Gasteiger partial charge on any atom is 0.247 e. The summed E-state index contributed by atoms with van der Waals surface area (Å²) >= 11 is 1.59. The largest absolute Gasteiger partial charge is 0.455 e. The fraction of sp³-hybridized carbons (Fsp3) is 0.269. The molecule has 1 aliphatic rings. The monoisotopic (exact) mass is 476 g/mol. The molecule has 1 aliphatic heterocycles. The molecule has 0 saturated heterocycles. The number of hydrogen-bond acceptors (Lipinski definition) is 7. The Labute approximate surface area is 202 Å². The van der Waals surface area contributed by atoms with Gasteiger partial charge in [-0.25, -0.2) is 4.39 Å². The van der Waals surface area contributed by atoms with Gasteiger partial charge in [0, 0.05) is 22.6 Å². The van der Waals surface area contributed by atoms with Crippen LogP contribution in [0.25, 0.3) is 22.6 Å². The number of nitrogens with zero attached hydrogens (tertiary/aromatic N) is 3. The second kappa shape index (κ2) is 10.3. The molecule has 0 saturated carbocycles. The summed E-state index contributed by atoms with van der Waals surface area (Å²) in [6.45, 7) is 2.20. The van der Waals surface area contributed by atoms with E-state index in [1.54, 1.807) is 23.9 Å². The summed E-state index contributed by atoms with van der Waals surface area (Å²) in [6.07, 6.45) is 4.15. The predicted octanol–water partition coefficient (Wildman–Crippen LogP) is 7.11. The van der Waals surface area contributed by atoms with Gasteiger partial charge in [0.25, 0.3) is 0 Å². The molecule has 34 heavy (non-hydrogen) atoms. The lowest BCUT2D eigenvalue weighted by atomic mass is 10.1. The zero-order valence-corrected chi connectivity index (χ0v) is 19.6.